The molecule has 2 unspecified atom stereocenters. The van der Waals surface area contributed by atoms with Crippen LogP contribution >= 0.6 is 0 Å². The minimum Gasteiger partial charge on any atom is -0.462 e. The Balaban J connectivity index is 1.80. The number of ether oxygens (including phenoxy) is 1. The number of hydrogen-bond acceptors (Lipinski definition) is 3. The van der Waals surface area contributed by atoms with Crippen LogP contribution in [0.25, 0.3) is 0 Å². The summed E-state index contributed by atoms with van der Waals surface area (Å²) >= 11 is 0. The van der Waals surface area contributed by atoms with E-state index in [9.17, 15) is 4.79 Å². The molecule has 1 aliphatic heterocycles. The molecule has 1 aliphatic carbocycles. The van der Waals surface area contributed by atoms with Gasteiger partial charge in [0.25, 0.3) is 0 Å². The van der Waals surface area contributed by atoms with E-state index in [1.54, 1.807) is 0 Å². The number of carbonyl (C=O) groups is 1. The first-order valence-corrected chi connectivity index (χ1v) is 6.21. The lowest BCUT2D eigenvalue weighted by Gasteiger charge is -2.24. The molecule has 0 radical (unpaired) electrons. The SMILES string of the molecule is CC1NCCC1C(=O)OC1CCCCC1. The number of hydrogen-bond donors (Lipinski definition) is 1. The number of rotatable bonds is 2. The summed E-state index contributed by atoms with van der Waals surface area (Å²) in [6.07, 6.45) is 7.02. The fourth-order valence-electron chi connectivity index (χ4n) is 2.62. The van der Waals surface area contributed by atoms with E-state index in [0.717, 1.165) is 25.8 Å². The molecule has 1 saturated carbocycles. The van der Waals surface area contributed by atoms with Gasteiger partial charge in [-0.15, -0.1) is 0 Å². The fraction of sp³-hybridized carbons (Fsp3) is 0.917. The average Bonchev–Trinajstić information content (AvgIpc) is 2.66. The molecular formula is C12H21NO2. The second kappa shape index (κ2) is 4.97. The monoisotopic (exact) mass is 211 g/mol. The predicted octanol–water partition coefficient (Wildman–Crippen LogP) is 1.86. The fourth-order valence-corrected chi connectivity index (χ4v) is 2.62. The molecule has 0 bridgehead atoms. The normalized spacial score (nSPS) is 32.9. The van der Waals surface area contributed by atoms with Gasteiger partial charge in [-0.3, -0.25) is 4.79 Å². The van der Waals surface area contributed by atoms with E-state index in [1.807, 2.05) is 0 Å². The van der Waals surface area contributed by atoms with Gasteiger partial charge in [0, 0.05) is 6.04 Å². The average molecular weight is 211 g/mol. The van der Waals surface area contributed by atoms with Crippen molar-refractivity contribution < 1.29 is 9.53 Å². The van der Waals surface area contributed by atoms with Crippen molar-refractivity contribution in [1.29, 1.82) is 0 Å². The lowest BCUT2D eigenvalue weighted by Crippen LogP contribution is -2.32. The summed E-state index contributed by atoms with van der Waals surface area (Å²) < 4.78 is 5.57. The van der Waals surface area contributed by atoms with Crippen LogP contribution in [0, 0.1) is 5.92 Å². The van der Waals surface area contributed by atoms with Crippen LogP contribution in [0.3, 0.4) is 0 Å². The highest BCUT2D eigenvalue weighted by atomic mass is 16.5. The maximum absolute atomic E-state index is 11.9. The number of esters is 1. The van der Waals surface area contributed by atoms with Crippen molar-refractivity contribution in [3.63, 3.8) is 0 Å². The molecule has 2 rings (SSSR count). The molecule has 1 heterocycles. The van der Waals surface area contributed by atoms with Gasteiger partial charge >= 0.3 is 5.97 Å². The van der Waals surface area contributed by atoms with Crippen molar-refractivity contribution >= 4 is 5.97 Å². The van der Waals surface area contributed by atoms with Crippen molar-refractivity contribution in [3.8, 4) is 0 Å². The van der Waals surface area contributed by atoms with Gasteiger partial charge in [-0.2, -0.15) is 0 Å². The summed E-state index contributed by atoms with van der Waals surface area (Å²) in [6, 6.07) is 0.293. The minimum atomic E-state index is 0.0272. The summed E-state index contributed by atoms with van der Waals surface area (Å²) in [5.41, 5.74) is 0. The van der Waals surface area contributed by atoms with Crippen molar-refractivity contribution in [2.75, 3.05) is 6.54 Å². The Labute approximate surface area is 91.6 Å². The van der Waals surface area contributed by atoms with Crippen LogP contribution in [0.2, 0.25) is 0 Å². The smallest absolute Gasteiger partial charge is 0.310 e. The summed E-state index contributed by atoms with van der Waals surface area (Å²) in [5, 5.41) is 3.29. The quantitative estimate of drug-likeness (QED) is 0.708. The third-order valence-corrected chi connectivity index (χ3v) is 3.66. The molecule has 2 atom stereocenters. The molecular weight excluding hydrogens is 190 g/mol. The Morgan fingerprint density at radius 3 is 2.53 bits per heavy atom. The van der Waals surface area contributed by atoms with Crippen molar-refractivity contribution in [2.24, 2.45) is 5.92 Å². The molecule has 0 amide bonds. The van der Waals surface area contributed by atoms with E-state index in [-0.39, 0.29) is 18.0 Å². The Morgan fingerprint density at radius 1 is 1.20 bits per heavy atom. The van der Waals surface area contributed by atoms with Crippen LogP contribution in [0.5, 0.6) is 0 Å². The van der Waals surface area contributed by atoms with Gasteiger partial charge in [0.1, 0.15) is 6.10 Å². The minimum absolute atomic E-state index is 0.0272. The van der Waals surface area contributed by atoms with Crippen LogP contribution in [0.4, 0.5) is 0 Å². The molecule has 0 aromatic rings. The van der Waals surface area contributed by atoms with E-state index < -0.39 is 0 Å². The van der Waals surface area contributed by atoms with E-state index in [2.05, 4.69) is 12.2 Å². The lowest BCUT2D eigenvalue weighted by molar-refractivity contribution is -0.155. The molecule has 0 spiro atoms. The summed E-state index contributed by atoms with van der Waals surface area (Å²) in [6.45, 7) is 3.02. The highest BCUT2D eigenvalue weighted by Gasteiger charge is 2.32. The topological polar surface area (TPSA) is 38.3 Å². The Bertz CT molecular complexity index is 224. The molecule has 15 heavy (non-hydrogen) atoms. The highest BCUT2D eigenvalue weighted by molar-refractivity contribution is 5.73. The first kappa shape index (κ1) is 10.9. The van der Waals surface area contributed by atoms with Gasteiger partial charge in [-0.25, -0.2) is 0 Å². The van der Waals surface area contributed by atoms with E-state index >= 15 is 0 Å². The molecule has 0 aromatic carbocycles. The van der Waals surface area contributed by atoms with Crippen LogP contribution < -0.4 is 5.32 Å². The van der Waals surface area contributed by atoms with Gasteiger partial charge in [-0.05, 0) is 45.6 Å². The van der Waals surface area contributed by atoms with Gasteiger partial charge in [0.05, 0.1) is 5.92 Å². The van der Waals surface area contributed by atoms with Crippen molar-refractivity contribution in [2.45, 2.75) is 57.6 Å². The molecule has 2 aliphatic rings. The van der Waals surface area contributed by atoms with E-state index in [0.29, 0.717) is 6.04 Å². The molecule has 2 fully saturated rings. The summed E-state index contributed by atoms with van der Waals surface area (Å²) in [4.78, 5) is 11.9. The van der Waals surface area contributed by atoms with Crippen molar-refractivity contribution in [3.05, 3.63) is 0 Å². The maximum atomic E-state index is 11.9. The van der Waals surface area contributed by atoms with Crippen molar-refractivity contribution in [1.82, 2.24) is 5.32 Å². The first-order valence-electron chi connectivity index (χ1n) is 6.21. The highest BCUT2D eigenvalue weighted by Crippen LogP contribution is 2.23. The molecule has 86 valence electrons. The van der Waals surface area contributed by atoms with Gasteiger partial charge in [0.2, 0.25) is 0 Å². The predicted molar refractivity (Wildman–Crippen MR) is 58.5 cm³/mol. The molecule has 3 nitrogen and oxygen atoms in total. The maximum Gasteiger partial charge on any atom is 0.310 e. The van der Waals surface area contributed by atoms with Gasteiger partial charge in [0.15, 0.2) is 0 Å². The largest absolute Gasteiger partial charge is 0.462 e. The summed E-state index contributed by atoms with van der Waals surface area (Å²) in [7, 11) is 0. The van der Waals surface area contributed by atoms with Gasteiger partial charge in [-0.1, -0.05) is 6.42 Å². The van der Waals surface area contributed by atoms with Crippen LogP contribution in [0.1, 0.15) is 45.4 Å². The van der Waals surface area contributed by atoms with Crippen LogP contribution in [-0.2, 0) is 9.53 Å². The molecule has 1 N–H and O–H groups in total. The van der Waals surface area contributed by atoms with Gasteiger partial charge < -0.3 is 10.1 Å². The number of carbonyl (C=O) groups excluding carboxylic acids is 1. The lowest BCUT2D eigenvalue weighted by atomic mass is 9.97. The second-order valence-corrected chi connectivity index (χ2v) is 4.83. The third kappa shape index (κ3) is 2.71. The Hall–Kier alpha value is -0.570. The second-order valence-electron chi connectivity index (χ2n) is 4.83. The van der Waals surface area contributed by atoms with Crippen LogP contribution in [0.15, 0.2) is 0 Å². The molecule has 0 aromatic heterocycles. The standard InChI is InChI=1S/C12H21NO2/c1-9-11(7-8-13-9)12(14)15-10-5-3-2-4-6-10/h9-11,13H,2-8H2,1H3. The molecule has 1 saturated heterocycles. The first-order chi connectivity index (χ1) is 7.27. The zero-order chi connectivity index (χ0) is 10.7. The Morgan fingerprint density at radius 2 is 1.93 bits per heavy atom. The molecule has 3 heteroatoms. The summed E-state index contributed by atoms with van der Waals surface area (Å²) in [5.74, 6) is 0.117. The van der Waals surface area contributed by atoms with E-state index in [1.165, 1.54) is 19.3 Å². The number of nitrogens with one attached hydrogen (secondary N) is 1. The third-order valence-electron chi connectivity index (χ3n) is 3.66. The zero-order valence-corrected chi connectivity index (χ0v) is 9.50. The Kier molecular flexibility index (Phi) is 3.62. The van der Waals surface area contributed by atoms with Crippen LogP contribution in [-0.4, -0.2) is 24.7 Å². The zero-order valence-electron chi connectivity index (χ0n) is 9.50. The van der Waals surface area contributed by atoms with E-state index in [4.69, 9.17) is 4.74 Å².